The van der Waals surface area contributed by atoms with Gasteiger partial charge in [0.15, 0.2) is 0 Å². The van der Waals surface area contributed by atoms with E-state index in [0.29, 0.717) is 5.25 Å². The van der Waals surface area contributed by atoms with Gasteiger partial charge in [-0.2, -0.15) is 11.8 Å². The molecule has 1 aliphatic carbocycles. The summed E-state index contributed by atoms with van der Waals surface area (Å²) in [4.78, 5) is 0. The molecule has 17 heavy (non-hydrogen) atoms. The van der Waals surface area contributed by atoms with Crippen LogP contribution in [0.4, 0.5) is 0 Å². The first-order chi connectivity index (χ1) is 8.31. The summed E-state index contributed by atoms with van der Waals surface area (Å²) in [5.41, 5.74) is 7.69. The second-order valence-electron chi connectivity index (χ2n) is 4.93. The lowest BCUT2D eigenvalue weighted by atomic mass is 10.0. The summed E-state index contributed by atoms with van der Waals surface area (Å²) in [6.07, 6.45) is 6.77. The predicted molar refractivity (Wildman–Crippen MR) is 77.3 cm³/mol. The first kappa shape index (κ1) is 13.0. The van der Waals surface area contributed by atoms with Crippen LogP contribution in [0.1, 0.15) is 50.6 Å². The molecule has 0 saturated heterocycles. The lowest BCUT2D eigenvalue weighted by molar-refractivity contribution is 0.651. The van der Waals surface area contributed by atoms with Crippen molar-refractivity contribution in [3.8, 4) is 0 Å². The zero-order chi connectivity index (χ0) is 12.1. The Bertz CT molecular complexity index is 319. The van der Waals surface area contributed by atoms with E-state index in [2.05, 4.69) is 49.0 Å². The van der Waals surface area contributed by atoms with Crippen molar-refractivity contribution in [2.75, 3.05) is 0 Å². The number of rotatable bonds is 5. The quantitative estimate of drug-likeness (QED) is 0.848. The van der Waals surface area contributed by atoms with E-state index in [9.17, 15) is 0 Å². The molecule has 1 nitrogen and oxygen atoms in total. The van der Waals surface area contributed by atoms with Gasteiger partial charge in [-0.1, -0.05) is 50.1 Å². The van der Waals surface area contributed by atoms with E-state index >= 15 is 0 Å². The predicted octanol–water partition coefficient (Wildman–Crippen LogP) is 4.14. The average Bonchev–Trinajstić information content (AvgIpc) is 2.89. The van der Waals surface area contributed by atoms with Crippen molar-refractivity contribution in [3.63, 3.8) is 0 Å². The summed E-state index contributed by atoms with van der Waals surface area (Å²) in [5, 5.41) is 1.43. The molecule has 0 aromatic heterocycles. The van der Waals surface area contributed by atoms with Crippen molar-refractivity contribution in [3.05, 3.63) is 35.9 Å². The summed E-state index contributed by atoms with van der Waals surface area (Å²) < 4.78 is 0. The van der Waals surface area contributed by atoms with Crippen LogP contribution in [0, 0.1) is 0 Å². The van der Waals surface area contributed by atoms with Gasteiger partial charge in [0.1, 0.15) is 0 Å². The van der Waals surface area contributed by atoms with E-state index in [1.807, 2.05) is 0 Å². The SMILES string of the molecule is CCC(SC1CCCC1)C(N)c1ccccc1. The van der Waals surface area contributed by atoms with Crippen LogP contribution in [0.5, 0.6) is 0 Å². The Morgan fingerprint density at radius 2 is 1.88 bits per heavy atom. The molecule has 2 atom stereocenters. The average molecular weight is 249 g/mol. The molecule has 1 aromatic carbocycles. The Kier molecular flexibility index (Phi) is 4.93. The summed E-state index contributed by atoms with van der Waals surface area (Å²) in [5.74, 6) is 0. The highest BCUT2D eigenvalue weighted by atomic mass is 32.2. The molecule has 0 amide bonds. The highest BCUT2D eigenvalue weighted by molar-refractivity contribution is 8.00. The number of hydrogen-bond donors (Lipinski definition) is 1. The van der Waals surface area contributed by atoms with Crippen LogP contribution in [0.2, 0.25) is 0 Å². The molecule has 94 valence electrons. The molecular formula is C15H23NS. The zero-order valence-electron chi connectivity index (χ0n) is 10.6. The van der Waals surface area contributed by atoms with E-state index in [1.165, 1.54) is 31.2 Å². The number of nitrogens with two attached hydrogens (primary N) is 1. The summed E-state index contributed by atoms with van der Waals surface area (Å²) in [7, 11) is 0. The largest absolute Gasteiger partial charge is 0.323 e. The maximum Gasteiger partial charge on any atom is 0.0415 e. The summed E-state index contributed by atoms with van der Waals surface area (Å²) in [6.45, 7) is 2.26. The van der Waals surface area contributed by atoms with E-state index in [1.54, 1.807) is 0 Å². The molecule has 1 saturated carbocycles. The molecule has 1 fully saturated rings. The topological polar surface area (TPSA) is 26.0 Å². The lowest BCUT2D eigenvalue weighted by Gasteiger charge is -2.25. The van der Waals surface area contributed by atoms with Crippen molar-refractivity contribution < 1.29 is 0 Å². The van der Waals surface area contributed by atoms with Gasteiger partial charge in [0, 0.05) is 16.5 Å². The third-order valence-electron chi connectivity index (χ3n) is 3.66. The highest BCUT2D eigenvalue weighted by Gasteiger charge is 2.24. The second-order valence-corrected chi connectivity index (χ2v) is 6.47. The van der Waals surface area contributed by atoms with Crippen molar-refractivity contribution in [1.29, 1.82) is 0 Å². The Morgan fingerprint density at radius 3 is 2.47 bits per heavy atom. The molecule has 0 spiro atoms. The lowest BCUT2D eigenvalue weighted by Crippen LogP contribution is -2.25. The van der Waals surface area contributed by atoms with Gasteiger partial charge in [-0.15, -0.1) is 0 Å². The fraction of sp³-hybridized carbons (Fsp3) is 0.600. The Labute approximate surface area is 109 Å². The monoisotopic (exact) mass is 249 g/mol. The van der Waals surface area contributed by atoms with E-state index in [-0.39, 0.29) is 6.04 Å². The Balaban J connectivity index is 1.97. The standard InChI is InChI=1S/C15H23NS/c1-2-14(17-13-10-6-7-11-13)15(16)12-8-4-3-5-9-12/h3-5,8-9,13-15H,2,6-7,10-11,16H2,1H3. The van der Waals surface area contributed by atoms with Crippen LogP contribution in [0.25, 0.3) is 0 Å². The van der Waals surface area contributed by atoms with Crippen LogP contribution in [-0.2, 0) is 0 Å². The van der Waals surface area contributed by atoms with Crippen LogP contribution >= 0.6 is 11.8 Å². The van der Waals surface area contributed by atoms with Gasteiger partial charge in [-0.05, 0) is 24.8 Å². The van der Waals surface area contributed by atoms with E-state index in [0.717, 1.165) is 11.7 Å². The minimum atomic E-state index is 0.187. The molecule has 2 rings (SSSR count). The maximum absolute atomic E-state index is 6.41. The molecule has 2 unspecified atom stereocenters. The Morgan fingerprint density at radius 1 is 1.24 bits per heavy atom. The van der Waals surface area contributed by atoms with Crippen LogP contribution in [0.3, 0.4) is 0 Å². The van der Waals surface area contributed by atoms with E-state index < -0.39 is 0 Å². The van der Waals surface area contributed by atoms with Gasteiger partial charge >= 0.3 is 0 Å². The second kappa shape index (κ2) is 6.46. The normalized spacial score (nSPS) is 20.4. The van der Waals surface area contributed by atoms with Crippen LogP contribution in [-0.4, -0.2) is 10.5 Å². The zero-order valence-corrected chi connectivity index (χ0v) is 11.5. The fourth-order valence-corrected chi connectivity index (χ4v) is 4.22. The third-order valence-corrected chi connectivity index (χ3v) is 5.49. The minimum Gasteiger partial charge on any atom is -0.323 e. The smallest absolute Gasteiger partial charge is 0.0415 e. The number of hydrogen-bond acceptors (Lipinski definition) is 2. The van der Waals surface area contributed by atoms with Crippen molar-refractivity contribution in [1.82, 2.24) is 0 Å². The van der Waals surface area contributed by atoms with Gasteiger partial charge in [0.2, 0.25) is 0 Å². The van der Waals surface area contributed by atoms with Gasteiger partial charge in [-0.3, -0.25) is 0 Å². The maximum atomic E-state index is 6.41. The summed E-state index contributed by atoms with van der Waals surface area (Å²) in [6, 6.07) is 10.7. The highest BCUT2D eigenvalue weighted by Crippen LogP contribution is 2.37. The molecule has 1 aliphatic rings. The van der Waals surface area contributed by atoms with Gasteiger partial charge in [0.05, 0.1) is 0 Å². The number of benzene rings is 1. The molecule has 0 bridgehead atoms. The Hall–Kier alpha value is -0.470. The summed E-state index contributed by atoms with van der Waals surface area (Å²) >= 11 is 2.13. The van der Waals surface area contributed by atoms with Crippen molar-refractivity contribution in [2.24, 2.45) is 5.73 Å². The van der Waals surface area contributed by atoms with Crippen LogP contribution in [0.15, 0.2) is 30.3 Å². The third kappa shape index (κ3) is 3.49. The van der Waals surface area contributed by atoms with Gasteiger partial charge < -0.3 is 5.73 Å². The molecule has 0 aliphatic heterocycles. The first-order valence-electron chi connectivity index (χ1n) is 6.77. The molecule has 0 heterocycles. The fourth-order valence-electron chi connectivity index (χ4n) is 2.60. The molecule has 2 N–H and O–H groups in total. The molecular weight excluding hydrogens is 226 g/mol. The van der Waals surface area contributed by atoms with Crippen molar-refractivity contribution >= 4 is 11.8 Å². The molecule has 0 radical (unpaired) electrons. The van der Waals surface area contributed by atoms with Crippen LogP contribution < -0.4 is 5.73 Å². The van der Waals surface area contributed by atoms with Crippen molar-refractivity contribution in [2.45, 2.75) is 55.6 Å². The number of thioether (sulfide) groups is 1. The molecule has 2 heteroatoms. The van der Waals surface area contributed by atoms with Gasteiger partial charge in [0.25, 0.3) is 0 Å². The minimum absolute atomic E-state index is 0.187. The van der Waals surface area contributed by atoms with Gasteiger partial charge in [-0.25, -0.2) is 0 Å². The first-order valence-corrected chi connectivity index (χ1v) is 7.71. The van der Waals surface area contributed by atoms with E-state index in [4.69, 9.17) is 5.73 Å². The molecule has 1 aromatic rings.